The molecule has 0 radical (unpaired) electrons. The van der Waals surface area contributed by atoms with Crippen LogP contribution in [-0.2, 0) is 4.74 Å². The molecule has 1 heterocycles. The molecular formula is C15H17N3O2. The molecule has 0 fully saturated rings. The lowest BCUT2D eigenvalue weighted by Crippen LogP contribution is -2.12. The molecule has 5 heteroatoms. The second-order valence-corrected chi connectivity index (χ2v) is 4.45. The molecule has 1 unspecified atom stereocenters. The second kappa shape index (κ2) is 6.06. The minimum Gasteiger partial charge on any atom is -0.465 e. The van der Waals surface area contributed by atoms with Crippen molar-refractivity contribution in [1.29, 1.82) is 0 Å². The Balaban J connectivity index is 2.27. The van der Waals surface area contributed by atoms with Crippen molar-refractivity contribution < 1.29 is 9.53 Å². The highest BCUT2D eigenvalue weighted by molar-refractivity contribution is 5.96. The maximum atomic E-state index is 11.8. The van der Waals surface area contributed by atoms with Gasteiger partial charge in [0.05, 0.1) is 18.7 Å². The van der Waals surface area contributed by atoms with E-state index < -0.39 is 5.97 Å². The molecule has 0 amide bonds. The first kappa shape index (κ1) is 13.9. The van der Waals surface area contributed by atoms with Gasteiger partial charge >= 0.3 is 5.97 Å². The summed E-state index contributed by atoms with van der Waals surface area (Å²) in [6.07, 6.45) is 3.51. The Kier molecular flexibility index (Phi) is 4.20. The van der Waals surface area contributed by atoms with Crippen LogP contribution in [0.15, 0.2) is 42.7 Å². The van der Waals surface area contributed by atoms with Crippen LogP contribution >= 0.6 is 0 Å². The molecule has 2 aromatic rings. The predicted octanol–water partition coefficient (Wildman–Crippen LogP) is 2.62. The summed E-state index contributed by atoms with van der Waals surface area (Å²) in [5.41, 5.74) is 8.37. The van der Waals surface area contributed by atoms with Crippen LogP contribution in [0.4, 0.5) is 11.4 Å². The van der Waals surface area contributed by atoms with Gasteiger partial charge in [-0.3, -0.25) is 4.98 Å². The van der Waals surface area contributed by atoms with Crippen molar-refractivity contribution in [1.82, 2.24) is 4.98 Å². The number of nitrogens with zero attached hydrogens (tertiary/aromatic N) is 1. The van der Waals surface area contributed by atoms with E-state index in [1.54, 1.807) is 30.6 Å². The minimum absolute atomic E-state index is 0.00994. The first-order valence-corrected chi connectivity index (χ1v) is 6.26. The Labute approximate surface area is 117 Å². The number of nitrogens with two attached hydrogens (primary N) is 1. The van der Waals surface area contributed by atoms with Gasteiger partial charge in [-0.2, -0.15) is 0 Å². The van der Waals surface area contributed by atoms with Crippen molar-refractivity contribution in [2.45, 2.75) is 13.0 Å². The molecule has 0 aliphatic rings. The number of anilines is 2. The van der Waals surface area contributed by atoms with Crippen molar-refractivity contribution in [3.8, 4) is 0 Å². The van der Waals surface area contributed by atoms with Gasteiger partial charge in [0.1, 0.15) is 0 Å². The van der Waals surface area contributed by atoms with E-state index in [1.165, 1.54) is 7.11 Å². The number of methoxy groups -OCH3 is 1. The molecule has 2 rings (SSSR count). The van der Waals surface area contributed by atoms with Crippen LogP contribution in [0.2, 0.25) is 0 Å². The summed E-state index contributed by atoms with van der Waals surface area (Å²) < 4.78 is 4.77. The van der Waals surface area contributed by atoms with E-state index in [2.05, 4.69) is 10.3 Å². The highest BCUT2D eigenvalue weighted by atomic mass is 16.5. The SMILES string of the molecule is COC(=O)c1cc(N)ccc1NC(C)c1cccnc1. The van der Waals surface area contributed by atoms with Gasteiger partial charge in [-0.15, -0.1) is 0 Å². The number of hydrogen-bond acceptors (Lipinski definition) is 5. The van der Waals surface area contributed by atoms with Crippen molar-refractivity contribution in [2.24, 2.45) is 0 Å². The van der Waals surface area contributed by atoms with Gasteiger partial charge in [0, 0.05) is 23.8 Å². The summed E-state index contributed by atoms with van der Waals surface area (Å²) in [5.74, 6) is -0.418. The lowest BCUT2D eigenvalue weighted by Gasteiger charge is -2.17. The monoisotopic (exact) mass is 271 g/mol. The fourth-order valence-corrected chi connectivity index (χ4v) is 1.92. The lowest BCUT2D eigenvalue weighted by atomic mass is 10.1. The molecule has 1 aromatic carbocycles. The van der Waals surface area contributed by atoms with Crippen LogP contribution in [0.1, 0.15) is 28.9 Å². The summed E-state index contributed by atoms with van der Waals surface area (Å²) >= 11 is 0. The molecule has 0 saturated heterocycles. The highest BCUT2D eigenvalue weighted by Crippen LogP contribution is 2.24. The van der Waals surface area contributed by atoms with Crippen LogP contribution < -0.4 is 11.1 Å². The summed E-state index contributed by atoms with van der Waals surface area (Å²) in [6, 6.07) is 8.97. The number of nitrogens with one attached hydrogen (secondary N) is 1. The first-order chi connectivity index (χ1) is 9.61. The maximum Gasteiger partial charge on any atom is 0.340 e. The molecule has 0 spiro atoms. The van der Waals surface area contributed by atoms with Crippen LogP contribution in [0, 0.1) is 0 Å². The van der Waals surface area contributed by atoms with E-state index in [9.17, 15) is 4.79 Å². The quantitative estimate of drug-likeness (QED) is 0.660. The molecule has 104 valence electrons. The highest BCUT2D eigenvalue weighted by Gasteiger charge is 2.14. The van der Waals surface area contributed by atoms with Gasteiger partial charge in [0.15, 0.2) is 0 Å². The number of nitrogen functional groups attached to an aromatic ring is 1. The average Bonchev–Trinajstić information content (AvgIpc) is 2.49. The van der Waals surface area contributed by atoms with Crippen LogP contribution in [0.5, 0.6) is 0 Å². The largest absolute Gasteiger partial charge is 0.465 e. The number of esters is 1. The molecule has 5 nitrogen and oxygen atoms in total. The summed E-state index contributed by atoms with van der Waals surface area (Å²) in [5, 5.41) is 3.27. The predicted molar refractivity (Wildman–Crippen MR) is 78.5 cm³/mol. The fourth-order valence-electron chi connectivity index (χ4n) is 1.92. The smallest absolute Gasteiger partial charge is 0.340 e. The molecule has 0 aliphatic carbocycles. The average molecular weight is 271 g/mol. The number of carbonyl (C=O) groups excluding carboxylic acids is 1. The third-order valence-electron chi connectivity index (χ3n) is 3.01. The molecule has 1 atom stereocenters. The van der Waals surface area contributed by atoms with Gasteiger partial charge in [-0.1, -0.05) is 6.07 Å². The molecule has 0 aliphatic heterocycles. The molecular weight excluding hydrogens is 254 g/mol. The Bertz CT molecular complexity index is 599. The van der Waals surface area contributed by atoms with Gasteiger partial charge in [0.25, 0.3) is 0 Å². The van der Waals surface area contributed by atoms with Gasteiger partial charge in [-0.05, 0) is 36.8 Å². The summed E-state index contributed by atoms with van der Waals surface area (Å²) in [4.78, 5) is 15.9. The zero-order chi connectivity index (χ0) is 14.5. The van der Waals surface area contributed by atoms with Crippen molar-refractivity contribution in [3.63, 3.8) is 0 Å². The fraction of sp³-hybridized carbons (Fsp3) is 0.200. The van der Waals surface area contributed by atoms with E-state index in [1.807, 2.05) is 19.1 Å². The Morgan fingerprint density at radius 3 is 2.85 bits per heavy atom. The van der Waals surface area contributed by atoms with Gasteiger partial charge in [-0.25, -0.2) is 4.79 Å². The Morgan fingerprint density at radius 2 is 2.20 bits per heavy atom. The van der Waals surface area contributed by atoms with Crippen LogP contribution in [0.3, 0.4) is 0 Å². The topological polar surface area (TPSA) is 77.2 Å². The van der Waals surface area contributed by atoms with Crippen LogP contribution in [-0.4, -0.2) is 18.1 Å². The standard InChI is InChI=1S/C15H17N3O2/c1-10(11-4-3-7-17-9-11)18-14-6-5-12(16)8-13(14)15(19)20-2/h3-10,18H,16H2,1-2H3. The van der Waals surface area contributed by atoms with Gasteiger partial charge in [0.2, 0.25) is 0 Å². The number of ether oxygens (including phenoxy) is 1. The molecule has 0 saturated carbocycles. The number of pyridine rings is 1. The van der Waals surface area contributed by atoms with E-state index in [4.69, 9.17) is 10.5 Å². The molecule has 3 N–H and O–H groups in total. The van der Waals surface area contributed by atoms with Gasteiger partial charge < -0.3 is 15.8 Å². The third kappa shape index (κ3) is 3.06. The number of carbonyl (C=O) groups is 1. The van der Waals surface area contributed by atoms with Crippen molar-refractivity contribution in [2.75, 3.05) is 18.2 Å². The molecule has 0 bridgehead atoms. The van der Waals surface area contributed by atoms with E-state index in [-0.39, 0.29) is 6.04 Å². The van der Waals surface area contributed by atoms with Crippen molar-refractivity contribution >= 4 is 17.3 Å². The van der Waals surface area contributed by atoms with E-state index in [0.29, 0.717) is 16.9 Å². The lowest BCUT2D eigenvalue weighted by molar-refractivity contribution is 0.0602. The Morgan fingerprint density at radius 1 is 1.40 bits per heavy atom. The zero-order valence-corrected chi connectivity index (χ0v) is 11.5. The number of benzene rings is 1. The van der Waals surface area contributed by atoms with Crippen molar-refractivity contribution in [3.05, 3.63) is 53.9 Å². The zero-order valence-electron chi connectivity index (χ0n) is 11.5. The van der Waals surface area contributed by atoms with Crippen LogP contribution in [0.25, 0.3) is 0 Å². The Hall–Kier alpha value is -2.56. The summed E-state index contributed by atoms with van der Waals surface area (Å²) in [7, 11) is 1.35. The number of rotatable bonds is 4. The number of hydrogen-bond donors (Lipinski definition) is 2. The first-order valence-electron chi connectivity index (χ1n) is 6.26. The normalized spacial score (nSPS) is 11.7. The van der Waals surface area contributed by atoms with E-state index in [0.717, 1.165) is 5.56 Å². The van der Waals surface area contributed by atoms with E-state index >= 15 is 0 Å². The third-order valence-corrected chi connectivity index (χ3v) is 3.01. The second-order valence-electron chi connectivity index (χ2n) is 4.45. The molecule has 20 heavy (non-hydrogen) atoms. The maximum absolute atomic E-state index is 11.8. The number of aromatic nitrogens is 1. The summed E-state index contributed by atoms with van der Waals surface area (Å²) in [6.45, 7) is 1.99. The molecule has 1 aromatic heterocycles. The minimum atomic E-state index is -0.418.